The van der Waals surface area contributed by atoms with E-state index in [2.05, 4.69) is 31.5 Å². The molecule has 132 valence electrons. The molecular formula is C20H41NO. The van der Waals surface area contributed by atoms with Gasteiger partial charge in [0.05, 0.1) is 0 Å². The van der Waals surface area contributed by atoms with Gasteiger partial charge in [0.2, 0.25) is 0 Å². The smallest absolute Gasteiger partial charge is 0.0207 e. The van der Waals surface area contributed by atoms with Gasteiger partial charge < -0.3 is 5.21 Å². The third-order valence-corrected chi connectivity index (χ3v) is 4.23. The van der Waals surface area contributed by atoms with E-state index in [1.165, 1.54) is 83.5 Å². The van der Waals surface area contributed by atoms with Crippen LogP contribution < -0.4 is 5.48 Å². The largest absolute Gasteiger partial charge is 0.317 e. The molecule has 0 aliphatic rings. The van der Waals surface area contributed by atoms with E-state index in [1.54, 1.807) is 0 Å². The third kappa shape index (κ3) is 19.7. The van der Waals surface area contributed by atoms with Crippen molar-refractivity contribution in [2.75, 3.05) is 6.54 Å². The molecular weight excluding hydrogens is 270 g/mol. The Kier molecular flexibility index (Phi) is 18.4. The van der Waals surface area contributed by atoms with Gasteiger partial charge in [-0.3, -0.25) is 0 Å². The highest BCUT2D eigenvalue weighted by Gasteiger charge is 1.94. The highest BCUT2D eigenvalue weighted by atomic mass is 16.5. The van der Waals surface area contributed by atoms with Gasteiger partial charge in [0.15, 0.2) is 0 Å². The van der Waals surface area contributed by atoms with Crippen molar-refractivity contribution >= 4 is 0 Å². The van der Waals surface area contributed by atoms with E-state index in [9.17, 15) is 0 Å². The Morgan fingerprint density at radius 1 is 0.682 bits per heavy atom. The standard InChI is InChI=1S/C20H41NO/c1-20(2)18-16-14-12-10-8-6-4-3-5-7-9-11-13-15-17-19-21-22/h3-4,20-22H,5-19H2,1-2H3/b4-3-. The second kappa shape index (κ2) is 18.7. The third-order valence-electron chi connectivity index (χ3n) is 4.23. The summed E-state index contributed by atoms with van der Waals surface area (Å²) in [5.41, 5.74) is 2.21. The summed E-state index contributed by atoms with van der Waals surface area (Å²) in [4.78, 5) is 0. The van der Waals surface area contributed by atoms with Gasteiger partial charge in [-0.05, 0) is 38.0 Å². The van der Waals surface area contributed by atoms with Gasteiger partial charge in [0.1, 0.15) is 0 Å². The van der Waals surface area contributed by atoms with Gasteiger partial charge in [-0.1, -0.05) is 83.8 Å². The molecule has 0 heterocycles. The van der Waals surface area contributed by atoms with E-state index < -0.39 is 0 Å². The Labute approximate surface area is 139 Å². The molecule has 22 heavy (non-hydrogen) atoms. The zero-order valence-corrected chi connectivity index (χ0v) is 15.3. The maximum atomic E-state index is 8.44. The molecule has 0 spiro atoms. The monoisotopic (exact) mass is 311 g/mol. The molecule has 2 heteroatoms. The van der Waals surface area contributed by atoms with E-state index in [4.69, 9.17) is 5.21 Å². The van der Waals surface area contributed by atoms with Crippen LogP contribution >= 0.6 is 0 Å². The fourth-order valence-corrected chi connectivity index (χ4v) is 2.75. The first-order chi connectivity index (χ1) is 10.8. The Bertz CT molecular complexity index is 226. The van der Waals surface area contributed by atoms with Crippen molar-refractivity contribution in [2.24, 2.45) is 5.92 Å². The Morgan fingerprint density at radius 3 is 1.64 bits per heavy atom. The molecule has 0 aliphatic heterocycles. The van der Waals surface area contributed by atoms with Crippen LogP contribution in [0.4, 0.5) is 0 Å². The lowest BCUT2D eigenvalue weighted by atomic mass is 10.0. The van der Waals surface area contributed by atoms with Gasteiger partial charge in [-0.25, -0.2) is 5.48 Å². The van der Waals surface area contributed by atoms with Crippen LogP contribution in [0.25, 0.3) is 0 Å². The van der Waals surface area contributed by atoms with Crippen molar-refractivity contribution in [1.29, 1.82) is 0 Å². The summed E-state index contributed by atoms with van der Waals surface area (Å²) >= 11 is 0. The van der Waals surface area contributed by atoms with E-state index in [-0.39, 0.29) is 0 Å². The van der Waals surface area contributed by atoms with Crippen molar-refractivity contribution < 1.29 is 5.21 Å². The summed E-state index contributed by atoms with van der Waals surface area (Å²) in [5, 5.41) is 8.44. The summed E-state index contributed by atoms with van der Waals surface area (Å²) in [6.45, 7) is 5.37. The Balaban J connectivity index is 3.06. The Hall–Kier alpha value is -0.340. The molecule has 2 nitrogen and oxygen atoms in total. The highest BCUT2D eigenvalue weighted by Crippen LogP contribution is 2.12. The number of allylic oxidation sites excluding steroid dienone is 2. The van der Waals surface area contributed by atoms with Crippen LogP contribution in [-0.2, 0) is 0 Å². The van der Waals surface area contributed by atoms with Crippen molar-refractivity contribution in [2.45, 2.75) is 104 Å². The van der Waals surface area contributed by atoms with Gasteiger partial charge in [0.25, 0.3) is 0 Å². The number of hydrogen-bond donors (Lipinski definition) is 2. The van der Waals surface area contributed by atoms with Crippen LogP contribution in [0, 0.1) is 5.92 Å². The summed E-state index contributed by atoms with van der Waals surface area (Å²) in [7, 11) is 0. The van der Waals surface area contributed by atoms with Gasteiger partial charge >= 0.3 is 0 Å². The van der Waals surface area contributed by atoms with E-state index in [0.717, 1.165) is 18.9 Å². The average molecular weight is 312 g/mol. The minimum atomic E-state index is 0.737. The molecule has 0 fully saturated rings. The van der Waals surface area contributed by atoms with Crippen molar-refractivity contribution in [1.82, 2.24) is 5.48 Å². The topological polar surface area (TPSA) is 32.3 Å². The van der Waals surface area contributed by atoms with Gasteiger partial charge in [-0.15, -0.1) is 0 Å². The molecule has 0 radical (unpaired) electrons. The van der Waals surface area contributed by atoms with Gasteiger partial charge in [0, 0.05) is 6.54 Å². The number of unbranched alkanes of at least 4 members (excludes halogenated alkanes) is 11. The van der Waals surface area contributed by atoms with Crippen LogP contribution in [-0.4, -0.2) is 11.8 Å². The van der Waals surface area contributed by atoms with Crippen molar-refractivity contribution in [3.8, 4) is 0 Å². The van der Waals surface area contributed by atoms with Crippen molar-refractivity contribution in [3.63, 3.8) is 0 Å². The first-order valence-corrected chi connectivity index (χ1v) is 9.79. The van der Waals surface area contributed by atoms with Crippen LogP contribution in [0.3, 0.4) is 0 Å². The lowest BCUT2D eigenvalue weighted by Crippen LogP contribution is -2.07. The highest BCUT2D eigenvalue weighted by molar-refractivity contribution is 4.81. The zero-order chi connectivity index (χ0) is 16.3. The SMILES string of the molecule is CC(C)CCCCCCC/C=C\CCCCCCCCNO. The molecule has 0 aromatic carbocycles. The molecule has 0 saturated carbocycles. The van der Waals surface area contributed by atoms with Crippen LogP contribution in [0.5, 0.6) is 0 Å². The molecule has 0 rings (SSSR count). The summed E-state index contributed by atoms with van der Waals surface area (Å²) in [5.74, 6) is 0.875. The van der Waals surface area contributed by atoms with E-state index >= 15 is 0 Å². The van der Waals surface area contributed by atoms with Crippen LogP contribution in [0.2, 0.25) is 0 Å². The molecule has 0 atom stereocenters. The van der Waals surface area contributed by atoms with Crippen LogP contribution in [0.15, 0.2) is 12.2 Å². The molecule has 0 aliphatic carbocycles. The molecule has 0 aromatic rings. The number of rotatable bonds is 17. The predicted molar refractivity (Wildman–Crippen MR) is 98.4 cm³/mol. The van der Waals surface area contributed by atoms with E-state index in [1.807, 2.05) is 0 Å². The lowest BCUT2D eigenvalue weighted by Gasteiger charge is -2.03. The minimum absolute atomic E-state index is 0.737. The summed E-state index contributed by atoms with van der Waals surface area (Å²) in [6.07, 6.45) is 23.4. The predicted octanol–water partition coefficient (Wildman–Crippen LogP) is 6.64. The first-order valence-electron chi connectivity index (χ1n) is 9.79. The molecule has 0 amide bonds. The fourth-order valence-electron chi connectivity index (χ4n) is 2.75. The lowest BCUT2D eigenvalue weighted by molar-refractivity contribution is 0.164. The molecule has 2 N–H and O–H groups in total. The molecule has 0 aromatic heterocycles. The summed E-state index contributed by atoms with van der Waals surface area (Å²) < 4.78 is 0. The van der Waals surface area contributed by atoms with Gasteiger partial charge in [-0.2, -0.15) is 0 Å². The quantitative estimate of drug-likeness (QED) is 0.179. The maximum absolute atomic E-state index is 8.44. The summed E-state index contributed by atoms with van der Waals surface area (Å²) in [6, 6.07) is 0. The van der Waals surface area contributed by atoms with Crippen LogP contribution in [0.1, 0.15) is 104 Å². The molecule has 0 bridgehead atoms. The second-order valence-electron chi connectivity index (χ2n) is 7.03. The molecule has 0 unspecified atom stereocenters. The normalized spacial score (nSPS) is 11.8. The number of hydrogen-bond acceptors (Lipinski definition) is 2. The van der Waals surface area contributed by atoms with Crippen molar-refractivity contribution in [3.05, 3.63) is 12.2 Å². The minimum Gasteiger partial charge on any atom is -0.317 e. The average Bonchev–Trinajstić information content (AvgIpc) is 2.50. The molecule has 0 saturated heterocycles. The fraction of sp³-hybridized carbons (Fsp3) is 0.900. The Morgan fingerprint density at radius 2 is 1.14 bits per heavy atom. The number of nitrogens with one attached hydrogen (secondary N) is 1. The zero-order valence-electron chi connectivity index (χ0n) is 15.3. The second-order valence-corrected chi connectivity index (χ2v) is 7.03. The van der Waals surface area contributed by atoms with E-state index in [0.29, 0.717) is 0 Å². The first kappa shape index (κ1) is 21.7. The number of hydroxylamine groups is 1. The maximum Gasteiger partial charge on any atom is 0.0207 e.